The zero-order valence-corrected chi connectivity index (χ0v) is 22.9. The van der Waals surface area contributed by atoms with Gasteiger partial charge in [-0.25, -0.2) is 0 Å². The Bertz CT molecular complexity index is 1650. The van der Waals surface area contributed by atoms with Crippen LogP contribution < -0.4 is 0 Å². The summed E-state index contributed by atoms with van der Waals surface area (Å²) in [6, 6.07) is 9.04. The van der Waals surface area contributed by atoms with Crippen molar-refractivity contribution >= 4 is 11.6 Å². The van der Waals surface area contributed by atoms with Gasteiger partial charge in [0.15, 0.2) is 11.6 Å². The van der Waals surface area contributed by atoms with Crippen LogP contribution in [-0.2, 0) is 9.47 Å². The van der Waals surface area contributed by atoms with Crippen molar-refractivity contribution in [1.82, 2.24) is 0 Å². The number of rotatable bonds is 2. The van der Waals surface area contributed by atoms with Crippen LogP contribution in [0.1, 0.15) is 43.0 Å². The molecule has 2 fully saturated rings. The number of hydrogen-bond acceptors (Lipinski definition) is 12. The van der Waals surface area contributed by atoms with Gasteiger partial charge in [-0.3, -0.25) is 9.59 Å². The van der Waals surface area contributed by atoms with Gasteiger partial charge in [0.25, 0.3) is 0 Å². The van der Waals surface area contributed by atoms with Gasteiger partial charge in [-0.15, -0.1) is 0 Å². The summed E-state index contributed by atoms with van der Waals surface area (Å²) in [5, 5.41) is 79.2. The summed E-state index contributed by atoms with van der Waals surface area (Å²) >= 11 is 0. The Labute approximate surface area is 251 Å². The number of aliphatic hydroxyl groups excluding tert-OH is 8. The van der Waals surface area contributed by atoms with Crippen molar-refractivity contribution in [2.45, 2.75) is 61.0 Å². The average molecular weight is 605 g/mol. The van der Waals surface area contributed by atoms with Gasteiger partial charge in [-0.2, -0.15) is 0 Å². The smallest absolute Gasteiger partial charge is 0.197 e. The standard InChI is InChI=1S/C32H28O12/c33-13-21-28(38)31(41)26(36)19(43-21)10-2-1-5-15-6-3-8-17-23(15)30(40)24-16(7-4-9-18(24)25(17)35)11-12-20-27(37)32(42)29(39)22(14-34)44-20/h3-4,6-9,19-22,26-29,31-34,36-39,41-42H,13-14H2/t19-,20-,21+,22+,26-,27-,28+,29+,31+,32+/m0/s1. The normalized spacial score (nSPS) is 32.5. The summed E-state index contributed by atoms with van der Waals surface area (Å²) in [6.07, 6.45) is -14.4. The molecule has 2 aliphatic heterocycles. The summed E-state index contributed by atoms with van der Waals surface area (Å²) < 4.78 is 10.7. The minimum absolute atomic E-state index is 0.00855. The second kappa shape index (κ2) is 13.0. The van der Waals surface area contributed by atoms with E-state index in [1.807, 2.05) is 0 Å². The van der Waals surface area contributed by atoms with E-state index >= 15 is 0 Å². The predicted molar refractivity (Wildman–Crippen MR) is 149 cm³/mol. The molecule has 0 spiro atoms. The van der Waals surface area contributed by atoms with Gasteiger partial charge in [-0.1, -0.05) is 47.9 Å². The Kier molecular flexibility index (Phi) is 9.28. The van der Waals surface area contributed by atoms with Crippen molar-refractivity contribution in [3.05, 3.63) is 69.8 Å². The number of carbonyl (C=O) groups is 2. The lowest BCUT2D eigenvalue weighted by Gasteiger charge is -2.37. The highest BCUT2D eigenvalue weighted by molar-refractivity contribution is 6.29. The van der Waals surface area contributed by atoms with Gasteiger partial charge in [0.1, 0.15) is 61.0 Å². The van der Waals surface area contributed by atoms with Crippen LogP contribution in [0.2, 0.25) is 0 Å². The van der Waals surface area contributed by atoms with Gasteiger partial charge in [-0.05, 0) is 24.0 Å². The van der Waals surface area contributed by atoms with E-state index in [1.54, 1.807) is 6.07 Å². The van der Waals surface area contributed by atoms with Crippen LogP contribution in [-0.4, -0.2) is 127 Å². The molecule has 1 aliphatic carbocycles. The molecule has 0 unspecified atom stereocenters. The average Bonchev–Trinajstić information content (AvgIpc) is 3.03. The molecule has 0 saturated carbocycles. The molecule has 2 saturated heterocycles. The zero-order valence-electron chi connectivity index (χ0n) is 22.9. The largest absolute Gasteiger partial charge is 0.394 e. The SMILES string of the molecule is O=C1c2cccc(C#CC#C[C@@H]3O[C@H](CO)[C@@H](O)[C@H](O)[C@H]3O)c2C(=O)c2c(C#C[C@@H]3O[C@H](CO)[C@@H](O)[C@H](O)[C@H]3O)cccc21. The molecule has 2 heterocycles. The number of aliphatic hydroxyl groups is 8. The molecule has 0 amide bonds. The highest BCUT2D eigenvalue weighted by Crippen LogP contribution is 2.31. The topological polar surface area (TPSA) is 214 Å². The Balaban J connectivity index is 1.46. The third-order valence-electron chi connectivity index (χ3n) is 7.68. The maximum Gasteiger partial charge on any atom is 0.197 e. The van der Waals surface area contributed by atoms with E-state index in [4.69, 9.17) is 9.47 Å². The Morgan fingerprint density at radius 1 is 0.568 bits per heavy atom. The Morgan fingerprint density at radius 2 is 1.05 bits per heavy atom. The van der Waals surface area contributed by atoms with Crippen LogP contribution in [0, 0.1) is 35.5 Å². The van der Waals surface area contributed by atoms with Gasteiger partial charge >= 0.3 is 0 Å². The zero-order chi connectivity index (χ0) is 31.7. The third kappa shape index (κ3) is 5.66. The van der Waals surface area contributed by atoms with E-state index in [0.717, 1.165) is 0 Å². The molecule has 3 aliphatic rings. The molecule has 0 radical (unpaired) electrons. The lowest BCUT2D eigenvalue weighted by Crippen LogP contribution is -2.58. The molecule has 5 rings (SSSR count). The van der Waals surface area contributed by atoms with Gasteiger partial charge in [0.05, 0.1) is 13.2 Å². The van der Waals surface area contributed by atoms with Crippen molar-refractivity contribution in [2.24, 2.45) is 0 Å². The summed E-state index contributed by atoms with van der Waals surface area (Å²) in [5.41, 5.74) is 0.503. The van der Waals surface area contributed by atoms with Crippen LogP contribution in [0.4, 0.5) is 0 Å². The van der Waals surface area contributed by atoms with Crippen LogP contribution in [0.5, 0.6) is 0 Å². The Hall–Kier alpha value is -3.94. The molecule has 0 bridgehead atoms. The van der Waals surface area contributed by atoms with Crippen molar-refractivity contribution in [3.8, 4) is 35.5 Å². The summed E-state index contributed by atoms with van der Waals surface area (Å²) in [7, 11) is 0. The van der Waals surface area contributed by atoms with Gasteiger partial charge < -0.3 is 50.3 Å². The van der Waals surface area contributed by atoms with E-state index in [2.05, 4.69) is 35.5 Å². The number of fused-ring (bicyclic) bond motifs is 2. The fraction of sp³-hybridized carbons (Fsp3) is 0.375. The quantitative estimate of drug-likeness (QED) is 0.136. The van der Waals surface area contributed by atoms with Gasteiger partial charge in [0.2, 0.25) is 0 Å². The second-order valence-electron chi connectivity index (χ2n) is 10.4. The minimum Gasteiger partial charge on any atom is -0.394 e. The molecule has 44 heavy (non-hydrogen) atoms. The monoisotopic (exact) mass is 604 g/mol. The highest BCUT2D eigenvalue weighted by Gasteiger charge is 2.44. The lowest BCUT2D eigenvalue weighted by atomic mass is 9.80. The first-order valence-electron chi connectivity index (χ1n) is 13.6. The first-order valence-corrected chi connectivity index (χ1v) is 13.6. The molecular formula is C32H28O12. The predicted octanol–water partition coefficient (Wildman–Crippen LogP) is -3.15. The number of benzene rings is 2. The van der Waals surface area contributed by atoms with Crippen molar-refractivity contribution in [1.29, 1.82) is 0 Å². The molecule has 12 nitrogen and oxygen atoms in total. The summed E-state index contributed by atoms with van der Waals surface area (Å²) in [6.45, 7) is -1.25. The van der Waals surface area contributed by atoms with E-state index in [9.17, 15) is 50.4 Å². The lowest BCUT2D eigenvalue weighted by molar-refractivity contribution is -0.214. The second-order valence-corrected chi connectivity index (χ2v) is 10.4. The summed E-state index contributed by atoms with van der Waals surface area (Å²) in [5.74, 6) is 14.6. The van der Waals surface area contributed by atoms with E-state index in [1.165, 1.54) is 30.3 Å². The first-order chi connectivity index (χ1) is 21.1. The third-order valence-corrected chi connectivity index (χ3v) is 7.68. The number of hydrogen-bond donors (Lipinski definition) is 8. The number of ketones is 2. The molecular weight excluding hydrogens is 576 g/mol. The van der Waals surface area contributed by atoms with Crippen LogP contribution >= 0.6 is 0 Å². The number of ether oxygens (including phenoxy) is 2. The maximum absolute atomic E-state index is 13.8. The number of carbonyl (C=O) groups excluding carboxylic acids is 2. The van der Waals surface area contributed by atoms with Crippen LogP contribution in [0.15, 0.2) is 36.4 Å². The molecule has 8 N–H and O–H groups in total. The molecule has 228 valence electrons. The Morgan fingerprint density at radius 3 is 1.55 bits per heavy atom. The van der Waals surface area contributed by atoms with E-state index in [0.29, 0.717) is 0 Å². The summed E-state index contributed by atoms with van der Waals surface area (Å²) in [4.78, 5) is 27.3. The molecule has 2 aromatic carbocycles. The van der Waals surface area contributed by atoms with Crippen molar-refractivity contribution < 1.29 is 59.9 Å². The maximum atomic E-state index is 13.8. The van der Waals surface area contributed by atoms with Crippen LogP contribution in [0.25, 0.3) is 0 Å². The highest BCUT2D eigenvalue weighted by atomic mass is 16.5. The van der Waals surface area contributed by atoms with Crippen molar-refractivity contribution in [2.75, 3.05) is 13.2 Å². The molecule has 0 aromatic heterocycles. The molecule has 2 aromatic rings. The van der Waals surface area contributed by atoms with E-state index in [-0.39, 0.29) is 33.4 Å². The van der Waals surface area contributed by atoms with Crippen LogP contribution in [0.3, 0.4) is 0 Å². The molecule has 10 atom stereocenters. The van der Waals surface area contributed by atoms with E-state index < -0.39 is 85.8 Å². The van der Waals surface area contributed by atoms with Crippen molar-refractivity contribution in [3.63, 3.8) is 0 Å². The van der Waals surface area contributed by atoms with Gasteiger partial charge in [0, 0.05) is 33.4 Å². The minimum atomic E-state index is -1.63. The molecule has 12 heteroatoms. The fourth-order valence-corrected chi connectivity index (χ4v) is 5.25. The first kappa shape index (κ1) is 31.5. The fourth-order valence-electron chi connectivity index (χ4n) is 5.25.